The van der Waals surface area contributed by atoms with E-state index in [0.717, 1.165) is 40.4 Å². The van der Waals surface area contributed by atoms with Crippen LogP contribution in [0.25, 0.3) is 10.9 Å². The van der Waals surface area contributed by atoms with Crippen molar-refractivity contribution in [2.24, 2.45) is 0 Å². The fourth-order valence-corrected chi connectivity index (χ4v) is 5.12. The first-order valence-electron chi connectivity index (χ1n) is 15.4. The summed E-state index contributed by atoms with van der Waals surface area (Å²) < 4.78 is 5.25. The number of aliphatic hydroxyl groups is 1. The Hall–Kier alpha value is -5.16. The van der Waals surface area contributed by atoms with Gasteiger partial charge in [-0.3, -0.25) is 14.4 Å². The third-order valence-electron chi connectivity index (χ3n) is 7.87. The molecule has 1 aromatic heterocycles. The molecule has 1 unspecified atom stereocenters. The van der Waals surface area contributed by atoms with Gasteiger partial charge in [0.25, 0.3) is 5.91 Å². The Bertz CT molecular complexity index is 1640. The summed E-state index contributed by atoms with van der Waals surface area (Å²) in [4.78, 5) is 55.7. The smallest absolute Gasteiger partial charge is 0.408 e. The number of fused-ring (bicyclic) bond motifs is 1. The molecule has 11 nitrogen and oxygen atoms in total. The van der Waals surface area contributed by atoms with Gasteiger partial charge in [-0.05, 0) is 48.9 Å². The van der Waals surface area contributed by atoms with E-state index in [1.165, 1.54) is 6.92 Å². The number of benzene rings is 3. The van der Waals surface area contributed by atoms with Gasteiger partial charge in [-0.2, -0.15) is 0 Å². The van der Waals surface area contributed by atoms with Crippen molar-refractivity contribution in [3.63, 3.8) is 0 Å². The molecule has 4 amide bonds. The molecule has 1 aliphatic carbocycles. The number of aromatic nitrogens is 1. The van der Waals surface area contributed by atoms with Crippen LogP contribution < -0.4 is 21.3 Å². The molecule has 1 aliphatic rings. The Morgan fingerprint density at radius 2 is 1.46 bits per heavy atom. The molecular formula is C35H39N5O6. The van der Waals surface area contributed by atoms with Crippen LogP contribution in [0, 0.1) is 0 Å². The van der Waals surface area contributed by atoms with Gasteiger partial charge in [-0.1, -0.05) is 78.9 Å². The Morgan fingerprint density at radius 3 is 2.15 bits per heavy atom. The van der Waals surface area contributed by atoms with E-state index in [1.807, 2.05) is 84.9 Å². The number of H-pyrrole nitrogens is 1. The SMILES string of the molecule is CC(NC(=O)OCc1ccccc1)C(=O)N[C@@H](Cc1c[nH]c2ccccc12)C(=O)N[C@@H](Cc1ccccc1)[C@H](O)C(=O)NC1CC1. The Balaban J connectivity index is 1.31. The van der Waals surface area contributed by atoms with Gasteiger partial charge >= 0.3 is 6.09 Å². The number of alkyl carbamates (subject to hydrolysis) is 1. The minimum absolute atomic E-state index is 0.0255. The van der Waals surface area contributed by atoms with Crippen molar-refractivity contribution >= 4 is 34.7 Å². The van der Waals surface area contributed by atoms with E-state index in [1.54, 1.807) is 6.20 Å². The minimum Gasteiger partial charge on any atom is -0.445 e. The maximum absolute atomic E-state index is 13.9. The third kappa shape index (κ3) is 8.95. The van der Waals surface area contributed by atoms with Crippen LogP contribution in [0.1, 0.15) is 36.5 Å². The number of ether oxygens (including phenoxy) is 1. The molecule has 11 heteroatoms. The van der Waals surface area contributed by atoms with Crippen LogP contribution in [0.2, 0.25) is 0 Å². The molecule has 0 spiro atoms. The second-order valence-electron chi connectivity index (χ2n) is 11.6. The lowest BCUT2D eigenvalue weighted by Crippen LogP contribution is -2.58. The standard InChI is InChI=1S/C35H39N5O6/c1-22(37-35(45)46-21-24-12-6-3-7-13-24)32(42)40-30(19-25-20-36-28-15-9-8-14-27(25)28)33(43)39-29(18-23-10-4-2-5-11-23)31(41)34(44)38-26-16-17-26/h2-15,20,22,26,29-31,36,41H,16-19,21H2,1H3,(H,37,45)(H,38,44)(H,39,43)(H,40,42)/t22?,29-,30-,31-/m0/s1. The number of carbonyl (C=O) groups excluding carboxylic acids is 4. The Labute approximate surface area is 267 Å². The zero-order valence-electron chi connectivity index (χ0n) is 25.6. The molecule has 1 heterocycles. The molecule has 3 aromatic carbocycles. The summed E-state index contributed by atoms with van der Waals surface area (Å²) in [5.41, 5.74) is 3.26. The van der Waals surface area contributed by atoms with Crippen molar-refractivity contribution in [3.05, 3.63) is 108 Å². The van der Waals surface area contributed by atoms with Crippen LogP contribution in [-0.2, 0) is 38.6 Å². The number of amides is 4. The Kier molecular flexibility index (Phi) is 10.7. The van der Waals surface area contributed by atoms with Crippen LogP contribution in [-0.4, -0.2) is 64.2 Å². The number of hydrogen-bond acceptors (Lipinski definition) is 6. The molecule has 0 saturated heterocycles. The van der Waals surface area contributed by atoms with Crippen molar-refractivity contribution in [2.45, 2.75) is 69.5 Å². The van der Waals surface area contributed by atoms with Crippen LogP contribution in [0.5, 0.6) is 0 Å². The second kappa shape index (κ2) is 15.2. The molecule has 4 atom stereocenters. The van der Waals surface area contributed by atoms with Crippen LogP contribution in [0.4, 0.5) is 4.79 Å². The van der Waals surface area contributed by atoms with Crippen LogP contribution in [0.3, 0.4) is 0 Å². The topological polar surface area (TPSA) is 162 Å². The highest BCUT2D eigenvalue weighted by atomic mass is 16.5. The van der Waals surface area contributed by atoms with Crippen molar-refractivity contribution in [2.75, 3.05) is 0 Å². The lowest BCUT2D eigenvalue weighted by atomic mass is 9.98. The summed E-state index contributed by atoms with van der Waals surface area (Å²) in [5.74, 6) is -1.76. The van der Waals surface area contributed by atoms with Gasteiger partial charge in [0, 0.05) is 29.6 Å². The molecule has 1 fully saturated rings. The van der Waals surface area contributed by atoms with Gasteiger partial charge in [-0.15, -0.1) is 0 Å². The Morgan fingerprint density at radius 1 is 0.804 bits per heavy atom. The van der Waals surface area contributed by atoms with E-state index in [-0.39, 0.29) is 25.5 Å². The first kappa shape index (κ1) is 32.2. The maximum atomic E-state index is 13.9. The van der Waals surface area contributed by atoms with E-state index < -0.39 is 48.0 Å². The summed E-state index contributed by atoms with van der Waals surface area (Å²) in [6, 6.07) is 22.9. The number of nitrogens with one attached hydrogen (secondary N) is 5. The highest BCUT2D eigenvalue weighted by Gasteiger charge is 2.34. The summed E-state index contributed by atoms with van der Waals surface area (Å²) in [6.07, 6.45) is 1.46. The third-order valence-corrected chi connectivity index (χ3v) is 7.87. The monoisotopic (exact) mass is 625 g/mol. The lowest BCUT2D eigenvalue weighted by molar-refractivity contribution is -0.134. The van der Waals surface area contributed by atoms with Crippen molar-refractivity contribution in [3.8, 4) is 0 Å². The summed E-state index contributed by atoms with van der Waals surface area (Å²) in [7, 11) is 0. The average molecular weight is 626 g/mol. The number of aromatic amines is 1. The molecule has 0 radical (unpaired) electrons. The maximum Gasteiger partial charge on any atom is 0.408 e. The van der Waals surface area contributed by atoms with E-state index in [4.69, 9.17) is 4.74 Å². The molecular weight excluding hydrogens is 586 g/mol. The summed E-state index contributed by atoms with van der Waals surface area (Å²) >= 11 is 0. The first-order valence-corrected chi connectivity index (χ1v) is 15.4. The summed E-state index contributed by atoms with van der Waals surface area (Å²) in [5, 5.41) is 22.9. The molecule has 1 saturated carbocycles. The zero-order valence-corrected chi connectivity index (χ0v) is 25.6. The first-order chi connectivity index (χ1) is 22.3. The van der Waals surface area contributed by atoms with Gasteiger partial charge in [-0.25, -0.2) is 4.79 Å². The predicted molar refractivity (Wildman–Crippen MR) is 172 cm³/mol. The molecule has 4 aromatic rings. The molecule has 240 valence electrons. The number of hydrogen-bond donors (Lipinski definition) is 6. The average Bonchev–Trinajstić information content (AvgIpc) is 3.80. The van der Waals surface area contributed by atoms with Crippen LogP contribution in [0.15, 0.2) is 91.1 Å². The van der Waals surface area contributed by atoms with Gasteiger partial charge < -0.3 is 36.1 Å². The minimum atomic E-state index is -1.52. The largest absolute Gasteiger partial charge is 0.445 e. The normalized spacial score (nSPS) is 15.2. The second-order valence-corrected chi connectivity index (χ2v) is 11.6. The number of carbonyl (C=O) groups is 4. The quantitative estimate of drug-likeness (QED) is 0.126. The van der Waals surface area contributed by atoms with Gasteiger partial charge in [0.15, 0.2) is 6.10 Å². The van der Waals surface area contributed by atoms with Crippen molar-refractivity contribution < 1.29 is 29.0 Å². The highest BCUT2D eigenvalue weighted by Crippen LogP contribution is 2.21. The van der Waals surface area contributed by atoms with Gasteiger partial charge in [0.05, 0.1) is 6.04 Å². The molecule has 6 N–H and O–H groups in total. The summed E-state index contributed by atoms with van der Waals surface area (Å²) in [6.45, 7) is 1.52. The van der Waals surface area contributed by atoms with E-state index in [9.17, 15) is 24.3 Å². The number of aliphatic hydroxyl groups excluding tert-OH is 1. The zero-order chi connectivity index (χ0) is 32.5. The van der Waals surface area contributed by atoms with E-state index >= 15 is 0 Å². The van der Waals surface area contributed by atoms with Crippen molar-refractivity contribution in [1.82, 2.24) is 26.3 Å². The molecule has 46 heavy (non-hydrogen) atoms. The molecule has 0 aliphatic heterocycles. The van der Waals surface area contributed by atoms with Gasteiger partial charge in [0.1, 0.15) is 18.7 Å². The number of rotatable bonds is 14. The van der Waals surface area contributed by atoms with E-state index in [2.05, 4.69) is 26.3 Å². The molecule has 5 rings (SSSR count). The van der Waals surface area contributed by atoms with Crippen LogP contribution >= 0.6 is 0 Å². The fourth-order valence-electron chi connectivity index (χ4n) is 5.12. The van der Waals surface area contributed by atoms with E-state index in [0.29, 0.717) is 0 Å². The number of para-hydroxylation sites is 1. The predicted octanol–water partition coefficient (Wildman–Crippen LogP) is 2.88. The fraction of sp³-hybridized carbons (Fsp3) is 0.314. The highest BCUT2D eigenvalue weighted by molar-refractivity contribution is 5.93. The van der Waals surface area contributed by atoms with Gasteiger partial charge in [0.2, 0.25) is 11.8 Å². The van der Waals surface area contributed by atoms with Crippen molar-refractivity contribution in [1.29, 1.82) is 0 Å². The molecule has 0 bridgehead atoms. The lowest BCUT2D eigenvalue weighted by Gasteiger charge is -2.27.